The average Bonchev–Trinajstić information content (AvgIpc) is 2.79. The van der Waals surface area contributed by atoms with Crippen molar-refractivity contribution in [1.82, 2.24) is 14.8 Å². The van der Waals surface area contributed by atoms with Crippen molar-refractivity contribution in [3.8, 4) is 0 Å². The van der Waals surface area contributed by atoms with Gasteiger partial charge in [0.15, 0.2) is 0 Å². The van der Waals surface area contributed by atoms with Crippen molar-refractivity contribution < 1.29 is 9.59 Å². The third kappa shape index (κ3) is 6.77. The number of rotatable bonds is 9. The molecule has 31 heavy (non-hydrogen) atoms. The zero-order valence-electron chi connectivity index (χ0n) is 18.1. The molecule has 0 spiro atoms. The highest BCUT2D eigenvalue weighted by Gasteiger charge is 2.25. The molecule has 1 aromatic carbocycles. The van der Waals surface area contributed by atoms with Crippen molar-refractivity contribution in [2.75, 3.05) is 32.7 Å². The molecule has 2 aromatic rings. The minimum absolute atomic E-state index is 0.144. The number of piperazine rings is 1. The molecule has 1 aromatic heterocycles. The summed E-state index contributed by atoms with van der Waals surface area (Å²) in [5, 5.41) is 0.689. The van der Waals surface area contributed by atoms with Crippen LogP contribution in [0.5, 0.6) is 0 Å². The lowest BCUT2D eigenvalue weighted by molar-refractivity contribution is -0.134. The van der Waals surface area contributed by atoms with E-state index in [1.807, 2.05) is 42.2 Å². The third-order valence-corrected chi connectivity index (χ3v) is 6.19. The van der Waals surface area contributed by atoms with E-state index in [2.05, 4.69) is 9.88 Å². The Balaban J connectivity index is 1.32. The molecule has 1 unspecified atom stereocenters. The molecule has 2 N–H and O–H groups in total. The number of carbonyl (C=O) groups excluding carboxylic acids is 2. The van der Waals surface area contributed by atoms with Crippen LogP contribution in [0.4, 0.5) is 0 Å². The number of nitrogens with zero attached hydrogens (tertiary/aromatic N) is 3. The number of benzene rings is 1. The summed E-state index contributed by atoms with van der Waals surface area (Å²) in [4.78, 5) is 32.6. The fourth-order valence-electron chi connectivity index (χ4n) is 3.90. The van der Waals surface area contributed by atoms with Crippen LogP contribution in [0.2, 0.25) is 5.02 Å². The SMILES string of the molecule is CC(C(=O)N1CCN(CCCCCc2ccc(C(N)=O)cn2)CC1)c1ccc(Cl)cc1. The van der Waals surface area contributed by atoms with Gasteiger partial charge in [0.1, 0.15) is 0 Å². The van der Waals surface area contributed by atoms with Crippen LogP contribution in [0.25, 0.3) is 0 Å². The predicted molar refractivity (Wildman–Crippen MR) is 123 cm³/mol. The monoisotopic (exact) mass is 442 g/mol. The van der Waals surface area contributed by atoms with Gasteiger partial charge in [0.05, 0.1) is 11.5 Å². The second-order valence-electron chi connectivity index (χ2n) is 8.15. The van der Waals surface area contributed by atoms with E-state index < -0.39 is 5.91 Å². The van der Waals surface area contributed by atoms with Gasteiger partial charge in [0, 0.05) is 43.1 Å². The van der Waals surface area contributed by atoms with E-state index in [1.54, 1.807) is 12.3 Å². The zero-order valence-corrected chi connectivity index (χ0v) is 18.9. The van der Waals surface area contributed by atoms with Crippen molar-refractivity contribution in [2.24, 2.45) is 5.73 Å². The molecule has 1 fully saturated rings. The van der Waals surface area contributed by atoms with E-state index >= 15 is 0 Å². The van der Waals surface area contributed by atoms with Crippen LogP contribution >= 0.6 is 11.6 Å². The Bertz CT molecular complexity index is 862. The normalized spacial score (nSPS) is 15.6. The number of aromatic nitrogens is 1. The molecular weight excluding hydrogens is 412 g/mol. The summed E-state index contributed by atoms with van der Waals surface area (Å²) in [7, 11) is 0. The van der Waals surface area contributed by atoms with Crippen molar-refractivity contribution in [3.63, 3.8) is 0 Å². The number of hydrogen-bond donors (Lipinski definition) is 1. The van der Waals surface area contributed by atoms with Gasteiger partial charge in [-0.25, -0.2) is 0 Å². The van der Waals surface area contributed by atoms with Gasteiger partial charge in [-0.3, -0.25) is 19.5 Å². The smallest absolute Gasteiger partial charge is 0.250 e. The molecule has 0 bridgehead atoms. The van der Waals surface area contributed by atoms with Gasteiger partial charge >= 0.3 is 0 Å². The van der Waals surface area contributed by atoms with Gasteiger partial charge in [-0.2, -0.15) is 0 Å². The first kappa shape index (κ1) is 23.2. The summed E-state index contributed by atoms with van der Waals surface area (Å²) in [5.41, 5.74) is 7.69. The number of nitrogens with two attached hydrogens (primary N) is 1. The van der Waals surface area contributed by atoms with Crippen molar-refractivity contribution in [3.05, 3.63) is 64.4 Å². The lowest BCUT2D eigenvalue weighted by Crippen LogP contribution is -2.49. The standard InChI is InChI=1S/C24H31ClN4O2/c1-18(19-6-9-21(25)10-7-19)24(31)29-15-13-28(14-16-29)12-4-2-3-5-22-11-8-20(17-27-22)23(26)30/h6-11,17-18H,2-5,12-16H2,1H3,(H2,26,30). The molecule has 0 saturated carbocycles. The molecular formula is C24H31ClN4O2. The molecule has 2 heterocycles. The highest BCUT2D eigenvalue weighted by molar-refractivity contribution is 6.30. The summed E-state index contributed by atoms with van der Waals surface area (Å²) in [6.07, 6.45) is 5.79. The van der Waals surface area contributed by atoms with Crippen LogP contribution in [0.3, 0.4) is 0 Å². The van der Waals surface area contributed by atoms with Gasteiger partial charge in [-0.15, -0.1) is 0 Å². The molecule has 1 aliphatic heterocycles. The van der Waals surface area contributed by atoms with Gasteiger partial charge in [0.25, 0.3) is 0 Å². The number of hydrogen-bond acceptors (Lipinski definition) is 4. The molecule has 2 amide bonds. The Morgan fingerprint density at radius 1 is 1.03 bits per heavy atom. The molecule has 1 saturated heterocycles. The van der Waals surface area contributed by atoms with Crippen LogP contribution in [-0.2, 0) is 11.2 Å². The molecule has 7 heteroatoms. The van der Waals surface area contributed by atoms with Crippen molar-refractivity contribution >= 4 is 23.4 Å². The summed E-state index contributed by atoms with van der Waals surface area (Å²) >= 11 is 5.95. The maximum atomic E-state index is 12.8. The largest absolute Gasteiger partial charge is 0.366 e. The number of halogens is 1. The summed E-state index contributed by atoms with van der Waals surface area (Å²) in [5.74, 6) is -0.397. The Labute approximate surface area is 189 Å². The maximum Gasteiger partial charge on any atom is 0.250 e. The fraction of sp³-hybridized carbons (Fsp3) is 0.458. The lowest BCUT2D eigenvalue weighted by Gasteiger charge is -2.36. The van der Waals surface area contributed by atoms with Gasteiger partial charge in [-0.05, 0) is 62.6 Å². The lowest BCUT2D eigenvalue weighted by atomic mass is 9.99. The molecule has 6 nitrogen and oxygen atoms in total. The Morgan fingerprint density at radius 3 is 2.35 bits per heavy atom. The zero-order chi connectivity index (χ0) is 22.2. The van der Waals surface area contributed by atoms with Crippen LogP contribution in [0, 0.1) is 0 Å². The summed E-state index contributed by atoms with van der Waals surface area (Å²) < 4.78 is 0. The maximum absolute atomic E-state index is 12.8. The van der Waals surface area contributed by atoms with E-state index in [9.17, 15) is 9.59 Å². The number of amides is 2. The second kappa shape index (κ2) is 11.3. The summed E-state index contributed by atoms with van der Waals surface area (Å²) in [6, 6.07) is 11.2. The first-order valence-electron chi connectivity index (χ1n) is 11.0. The van der Waals surface area contributed by atoms with Crippen LogP contribution in [0.1, 0.15) is 53.7 Å². The Kier molecular flexibility index (Phi) is 8.43. The van der Waals surface area contributed by atoms with Gasteiger partial charge < -0.3 is 10.6 Å². The first-order valence-corrected chi connectivity index (χ1v) is 11.3. The molecule has 1 aliphatic rings. The first-order chi connectivity index (χ1) is 14.9. The van der Waals surface area contributed by atoms with Crippen molar-refractivity contribution in [2.45, 2.75) is 38.5 Å². The number of unbranched alkanes of at least 4 members (excludes halogenated alkanes) is 2. The Morgan fingerprint density at radius 2 is 1.74 bits per heavy atom. The molecule has 3 rings (SSSR count). The number of pyridine rings is 1. The summed E-state index contributed by atoms with van der Waals surface area (Å²) in [6.45, 7) is 6.45. The molecule has 0 radical (unpaired) electrons. The van der Waals surface area contributed by atoms with E-state index in [4.69, 9.17) is 17.3 Å². The number of carbonyl (C=O) groups is 2. The van der Waals surface area contributed by atoms with E-state index in [0.29, 0.717) is 10.6 Å². The van der Waals surface area contributed by atoms with Crippen LogP contribution < -0.4 is 5.73 Å². The molecule has 166 valence electrons. The number of primary amides is 1. The van der Waals surface area contributed by atoms with E-state index in [0.717, 1.165) is 69.7 Å². The highest BCUT2D eigenvalue weighted by Crippen LogP contribution is 2.21. The highest BCUT2D eigenvalue weighted by atomic mass is 35.5. The third-order valence-electron chi connectivity index (χ3n) is 5.94. The Hall–Kier alpha value is -2.44. The quantitative estimate of drug-likeness (QED) is 0.603. The van der Waals surface area contributed by atoms with Crippen molar-refractivity contribution in [1.29, 1.82) is 0 Å². The predicted octanol–water partition coefficient (Wildman–Crippen LogP) is 3.49. The minimum Gasteiger partial charge on any atom is -0.366 e. The molecule has 0 aliphatic carbocycles. The fourth-order valence-corrected chi connectivity index (χ4v) is 4.02. The van der Waals surface area contributed by atoms with Crippen LogP contribution in [0.15, 0.2) is 42.6 Å². The van der Waals surface area contributed by atoms with Crippen LogP contribution in [-0.4, -0.2) is 59.3 Å². The number of aryl methyl sites for hydroxylation is 1. The molecule has 1 atom stereocenters. The van der Waals surface area contributed by atoms with E-state index in [-0.39, 0.29) is 11.8 Å². The van der Waals surface area contributed by atoms with E-state index in [1.165, 1.54) is 0 Å². The van der Waals surface area contributed by atoms with Gasteiger partial charge in [-0.1, -0.05) is 30.2 Å². The topological polar surface area (TPSA) is 79.5 Å². The second-order valence-corrected chi connectivity index (χ2v) is 8.59. The van der Waals surface area contributed by atoms with Gasteiger partial charge in [0.2, 0.25) is 11.8 Å². The minimum atomic E-state index is -0.444. The average molecular weight is 443 g/mol.